The summed E-state index contributed by atoms with van der Waals surface area (Å²) in [5, 5.41) is 10.2. The Balaban J connectivity index is 2.02. The van der Waals surface area contributed by atoms with Gasteiger partial charge in [0.2, 0.25) is 0 Å². The van der Waals surface area contributed by atoms with Crippen LogP contribution in [0.15, 0.2) is 54.6 Å². The van der Waals surface area contributed by atoms with Crippen molar-refractivity contribution in [1.82, 2.24) is 0 Å². The van der Waals surface area contributed by atoms with Crippen LogP contribution in [0.2, 0.25) is 5.02 Å². The third kappa shape index (κ3) is 4.49. The average molecular weight is 415 g/mol. The Morgan fingerprint density at radius 3 is 2.62 bits per heavy atom. The van der Waals surface area contributed by atoms with Gasteiger partial charge in [-0.1, -0.05) is 42.0 Å². The number of hydrogen-bond donors (Lipinski definition) is 1. The molecule has 0 aliphatic carbocycles. The van der Waals surface area contributed by atoms with E-state index in [9.17, 15) is 9.90 Å². The fourth-order valence-corrected chi connectivity index (χ4v) is 4.38. The lowest BCUT2D eigenvalue weighted by Gasteiger charge is -2.42. The number of aromatic carboxylic acids is 1. The predicted octanol–water partition coefficient (Wildman–Crippen LogP) is 6.26. The zero-order valence-corrected chi connectivity index (χ0v) is 17.8. The normalized spacial score (nSPS) is 24.1. The second kappa shape index (κ2) is 9.02. The van der Waals surface area contributed by atoms with Gasteiger partial charge in [-0.15, -0.1) is 0 Å². The highest BCUT2D eigenvalue weighted by molar-refractivity contribution is 6.31. The van der Waals surface area contributed by atoms with Crippen LogP contribution >= 0.6 is 11.6 Å². The number of carboxylic acid groups (broad SMARTS) is 1. The Hall–Kier alpha value is -2.30. The van der Waals surface area contributed by atoms with Crippen LogP contribution in [0.25, 0.3) is 0 Å². The summed E-state index contributed by atoms with van der Waals surface area (Å²) in [7, 11) is 0. The third-order valence-corrected chi connectivity index (χ3v) is 5.95. The van der Waals surface area contributed by atoms with Crippen LogP contribution < -0.4 is 4.74 Å². The summed E-state index contributed by atoms with van der Waals surface area (Å²) in [4.78, 5) is 11.5. The molecule has 1 aliphatic heterocycles. The quantitative estimate of drug-likeness (QED) is 0.566. The van der Waals surface area contributed by atoms with Crippen LogP contribution in [0.4, 0.5) is 0 Å². The minimum atomic E-state index is -0.973. The van der Waals surface area contributed by atoms with Gasteiger partial charge in [-0.2, -0.15) is 0 Å². The molecule has 1 aliphatic rings. The summed E-state index contributed by atoms with van der Waals surface area (Å²) in [5.41, 5.74) is 3.02. The number of rotatable bonds is 6. The highest BCUT2D eigenvalue weighted by atomic mass is 35.5. The first-order valence-electron chi connectivity index (χ1n) is 9.88. The number of carbonyl (C=O) groups is 1. The lowest BCUT2D eigenvalue weighted by molar-refractivity contribution is -0.0811. The van der Waals surface area contributed by atoms with Gasteiger partial charge in [0.1, 0.15) is 5.75 Å². The summed E-state index contributed by atoms with van der Waals surface area (Å²) >= 11 is 6.46. The van der Waals surface area contributed by atoms with Crippen molar-refractivity contribution in [2.45, 2.75) is 45.3 Å². The fourth-order valence-electron chi connectivity index (χ4n) is 4.11. The Labute approximate surface area is 177 Å². The van der Waals surface area contributed by atoms with E-state index in [4.69, 9.17) is 21.1 Å². The molecule has 0 spiro atoms. The Bertz CT molecular complexity index is 908. The van der Waals surface area contributed by atoms with E-state index in [1.165, 1.54) is 0 Å². The van der Waals surface area contributed by atoms with Gasteiger partial charge in [-0.05, 0) is 57.0 Å². The van der Waals surface area contributed by atoms with Crippen LogP contribution in [0.5, 0.6) is 5.75 Å². The molecule has 4 atom stereocenters. The van der Waals surface area contributed by atoms with Crippen LogP contribution in [0.1, 0.15) is 60.7 Å². The predicted molar refractivity (Wildman–Crippen MR) is 115 cm³/mol. The number of carboxylic acids is 1. The highest BCUT2D eigenvalue weighted by Gasteiger charge is 2.39. The molecule has 5 heteroatoms. The maximum absolute atomic E-state index is 11.5. The van der Waals surface area contributed by atoms with Gasteiger partial charge >= 0.3 is 5.97 Å². The summed E-state index contributed by atoms with van der Waals surface area (Å²) in [6, 6.07) is 12.8. The van der Waals surface area contributed by atoms with Gasteiger partial charge in [-0.25, -0.2) is 4.79 Å². The topological polar surface area (TPSA) is 55.8 Å². The monoisotopic (exact) mass is 414 g/mol. The molecule has 2 aromatic carbocycles. The minimum absolute atomic E-state index is 0.00993. The number of benzene rings is 2. The smallest absolute Gasteiger partial charge is 0.335 e. The molecule has 0 amide bonds. The molecule has 1 fully saturated rings. The molecule has 154 valence electrons. The van der Waals surface area contributed by atoms with E-state index in [-0.39, 0.29) is 29.6 Å². The van der Waals surface area contributed by atoms with E-state index >= 15 is 0 Å². The van der Waals surface area contributed by atoms with Gasteiger partial charge in [0.25, 0.3) is 0 Å². The largest absolute Gasteiger partial charge is 0.493 e. The highest BCUT2D eigenvalue weighted by Crippen LogP contribution is 2.49. The lowest BCUT2D eigenvalue weighted by atomic mass is 9.75. The number of ether oxygens (including phenoxy) is 2. The maximum Gasteiger partial charge on any atom is 0.335 e. The van der Waals surface area contributed by atoms with Crippen molar-refractivity contribution in [3.63, 3.8) is 0 Å². The molecule has 1 heterocycles. The van der Waals surface area contributed by atoms with E-state index in [0.29, 0.717) is 12.4 Å². The first-order valence-corrected chi connectivity index (χ1v) is 10.3. The summed E-state index contributed by atoms with van der Waals surface area (Å²) in [6.45, 7) is 10.6. The molecule has 0 aromatic heterocycles. The molecular formula is C24H27ClO4. The molecule has 0 radical (unpaired) electrons. The molecule has 2 aromatic rings. The molecule has 29 heavy (non-hydrogen) atoms. The van der Waals surface area contributed by atoms with Gasteiger partial charge < -0.3 is 14.6 Å². The Kier molecular flexibility index (Phi) is 6.66. The van der Waals surface area contributed by atoms with Crippen LogP contribution in [0.3, 0.4) is 0 Å². The van der Waals surface area contributed by atoms with Gasteiger partial charge in [0, 0.05) is 22.4 Å². The molecule has 4 nitrogen and oxygen atoms in total. The Morgan fingerprint density at radius 2 is 2.00 bits per heavy atom. The zero-order valence-electron chi connectivity index (χ0n) is 17.0. The van der Waals surface area contributed by atoms with Crippen molar-refractivity contribution in [2.75, 3.05) is 6.61 Å². The summed E-state index contributed by atoms with van der Waals surface area (Å²) < 4.78 is 12.3. The van der Waals surface area contributed by atoms with E-state index < -0.39 is 5.97 Å². The summed E-state index contributed by atoms with van der Waals surface area (Å²) in [5.74, 6) is -0.188. The second-order valence-electron chi connectivity index (χ2n) is 7.57. The molecule has 1 saturated heterocycles. The molecular weight excluding hydrogens is 388 g/mol. The molecule has 0 bridgehead atoms. The van der Waals surface area contributed by atoms with Crippen molar-refractivity contribution in [3.8, 4) is 5.75 Å². The number of halogens is 1. The number of hydrogen-bond acceptors (Lipinski definition) is 3. The van der Waals surface area contributed by atoms with Crippen LogP contribution in [-0.2, 0) is 4.74 Å². The second-order valence-corrected chi connectivity index (χ2v) is 7.98. The maximum atomic E-state index is 11.5. The minimum Gasteiger partial charge on any atom is -0.493 e. The standard InChI is InChI=1S/C24H27ClO4/c1-5-28-22-11-10-16(24(26)27)12-20(22)23-18(14(2)3)13-19(15(4)29-23)17-8-6-7-9-21(17)25/h6-12,15,18-19,23H,2,5,13H2,1,3-4H3,(H,26,27)/t15-,18+,19-,23-/m0/s1. The van der Waals surface area contributed by atoms with E-state index in [2.05, 4.69) is 6.58 Å². The fraction of sp³-hybridized carbons (Fsp3) is 0.375. The average Bonchev–Trinajstić information content (AvgIpc) is 2.68. The SMILES string of the molecule is C=C(C)[C@H]1C[C@H](c2ccccc2Cl)[C@H](C)O[C@@H]1c1cc(C(=O)O)ccc1OCC. The van der Waals surface area contributed by atoms with Crippen molar-refractivity contribution < 1.29 is 19.4 Å². The van der Waals surface area contributed by atoms with E-state index in [1.54, 1.807) is 18.2 Å². The molecule has 0 saturated carbocycles. The van der Waals surface area contributed by atoms with Crippen molar-refractivity contribution >= 4 is 17.6 Å². The molecule has 0 unspecified atom stereocenters. The molecule has 3 rings (SSSR count). The van der Waals surface area contributed by atoms with Gasteiger partial charge in [-0.3, -0.25) is 0 Å². The van der Waals surface area contributed by atoms with Crippen molar-refractivity contribution in [1.29, 1.82) is 0 Å². The van der Waals surface area contributed by atoms with Gasteiger partial charge in [0.15, 0.2) is 0 Å². The Morgan fingerprint density at radius 1 is 1.28 bits per heavy atom. The first-order chi connectivity index (χ1) is 13.8. The first kappa shape index (κ1) is 21.4. The van der Waals surface area contributed by atoms with Crippen LogP contribution in [0, 0.1) is 5.92 Å². The van der Waals surface area contributed by atoms with Gasteiger partial charge in [0.05, 0.1) is 24.4 Å². The summed E-state index contributed by atoms with van der Waals surface area (Å²) in [6.07, 6.45) is 0.383. The van der Waals surface area contributed by atoms with Crippen LogP contribution in [-0.4, -0.2) is 23.8 Å². The zero-order chi connectivity index (χ0) is 21.1. The molecule has 1 N–H and O–H groups in total. The third-order valence-electron chi connectivity index (χ3n) is 5.60. The van der Waals surface area contributed by atoms with E-state index in [1.807, 2.05) is 45.0 Å². The van der Waals surface area contributed by atoms with Crippen molar-refractivity contribution in [2.24, 2.45) is 5.92 Å². The van der Waals surface area contributed by atoms with E-state index in [0.717, 1.165) is 28.1 Å². The lowest BCUT2D eigenvalue weighted by Crippen LogP contribution is -2.34. The van der Waals surface area contributed by atoms with Crippen molar-refractivity contribution in [3.05, 3.63) is 76.3 Å².